The first kappa shape index (κ1) is 11.4. The quantitative estimate of drug-likeness (QED) is 0.600. The molecule has 4 heteroatoms. The second-order valence-electron chi connectivity index (χ2n) is 3.65. The van der Waals surface area contributed by atoms with E-state index in [0.717, 1.165) is 5.39 Å². The summed E-state index contributed by atoms with van der Waals surface area (Å²) in [4.78, 5) is 22.6. The number of carbonyl (C=O) groups is 2. The van der Waals surface area contributed by atoms with Crippen LogP contribution >= 0.6 is 0 Å². The Labute approximate surface area is 98.2 Å². The number of carbonyl (C=O) groups excluding carboxylic acids is 2. The van der Waals surface area contributed by atoms with E-state index in [1.807, 2.05) is 18.2 Å². The molecule has 1 aromatic heterocycles. The van der Waals surface area contributed by atoms with Gasteiger partial charge in [0.1, 0.15) is 5.58 Å². The fraction of sp³-hybridized carbons (Fsp3) is 0.231. The van der Waals surface area contributed by atoms with Crippen molar-refractivity contribution in [2.75, 3.05) is 7.11 Å². The molecule has 0 unspecified atom stereocenters. The maximum atomic E-state index is 11.7. The highest BCUT2D eigenvalue weighted by atomic mass is 16.5. The van der Waals surface area contributed by atoms with Crippen LogP contribution in [0.2, 0.25) is 0 Å². The van der Waals surface area contributed by atoms with Gasteiger partial charge in [0.05, 0.1) is 13.5 Å². The van der Waals surface area contributed by atoms with Crippen molar-refractivity contribution < 1.29 is 18.7 Å². The lowest BCUT2D eigenvalue weighted by Crippen LogP contribution is -2.05. The SMILES string of the molecule is COC(=O)CCC(=O)c1cc2ccccc2o1. The lowest BCUT2D eigenvalue weighted by atomic mass is 10.1. The van der Waals surface area contributed by atoms with Crippen LogP contribution in [0.4, 0.5) is 0 Å². The first-order valence-corrected chi connectivity index (χ1v) is 5.29. The first-order chi connectivity index (χ1) is 8.20. The largest absolute Gasteiger partial charge is 0.469 e. The summed E-state index contributed by atoms with van der Waals surface area (Å²) in [7, 11) is 1.30. The molecule has 0 radical (unpaired) electrons. The molecule has 0 aliphatic carbocycles. The molecule has 1 aromatic carbocycles. The monoisotopic (exact) mass is 232 g/mol. The van der Waals surface area contributed by atoms with E-state index in [2.05, 4.69) is 4.74 Å². The van der Waals surface area contributed by atoms with Crippen LogP contribution in [-0.2, 0) is 9.53 Å². The summed E-state index contributed by atoms with van der Waals surface area (Å²) in [6.45, 7) is 0. The molecule has 0 atom stereocenters. The van der Waals surface area contributed by atoms with Gasteiger partial charge in [-0.15, -0.1) is 0 Å². The van der Waals surface area contributed by atoms with Crippen LogP contribution in [0.25, 0.3) is 11.0 Å². The molecular weight excluding hydrogens is 220 g/mol. The fourth-order valence-corrected chi connectivity index (χ4v) is 1.56. The van der Waals surface area contributed by atoms with Crippen molar-refractivity contribution in [1.82, 2.24) is 0 Å². The molecule has 88 valence electrons. The van der Waals surface area contributed by atoms with Gasteiger partial charge in [0.25, 0.3) is 0 Å². The van der Waals surface area contributed by atoms with Crippen molar-refractivity contribution in [3.05, 3.63) is 36.1 Å². The number of methoxy groups -OCH3 is 1. The molecule has 2 aromatic rings. The van der Waals surface area contributed by atoms with Crippen LogP contribution in [0, 0.1) is 0 Å². The third-order valence-electron chi connectivity index (χ3n) is 2.48. The van der Waals surface area contributed by atoms with Crippen molar-refractivity contribution >= 4 is 22.7 Å². The topological polar surface area (TPSA) is 56.5 Å². The van der Waals surface area contributed by atoms with Crippen molar-refractivity contribution in [2.24, 2.45) is 0 Å². The van der Waals surface area contributed by atoms with E-state index in [9.17, 15) is 9.59 Å². The molecule has 0 N–H and O–H groups in total. The van der Waals surface area contributed by atoms with Crippen LogP contribution in [0.15, 0.2) is 34.7 Å². The van der Waals surface area contributed by atoms with Crippen LogP contribution in [0.3, 0.4) is 0 Å². The van der Waals surface area contributed by atoms with Crippen LogP contribution in [0.1, 0.15) is 23.4 Å². The number of furan rings is 1. The normalized spacial score (nSPS) is 10.4. The summed E-state index contributed by atoms with van der Waals surface area (Å²) in [6, 6.07) is 9.08. The van der Waals surface area contributed by atoms with Gasteiger partial charge in [-0.05, 0) is 12.1 Å². The Morgan fingerprint density at radius 2 is 2.00 bits per heavy atom. The van der Waals surface area contributed by atoms with Gasteiger partial charge in [-0.3, -0.25) is 9.59 Å². The molecule has 0 spiro atoms. The summed E-state index contributed by atoms with van der Waals surface area (Å²) in [6.07, 6.45) is 0.179. The molecule has 1 heterocycles. The van der Waals surface area contributed by atoms with Gasteiger partial charge in [0, 0.05) is 11.8 Å². The van der Waals surface area contributed by atoms with Crippen molar-refractivity contribution in [2.45, 2.75) is 12.8 Å². The molecule has 0 aliphatic rings. The zero-order valence-corrected chi connectivity index (χ0v) is 9.43. The molecule has 0 bridgehead atoms. The number of hydrogen-bond acceptors (Lipinski definition) is 4. The van der Waals surface area contributed by atoms with E-state index >= 15 is 0 Å². The van der Waals surface area contributed by atoms with Crippen LogP contribution in [0.5, 0.6) is 0 Å². The minimum Gasteiger partial charge on any atom is -0.469 e. The van der Waals surface area contributed by atoms with Gasteiger partial charge in [0.2, 0.25) is 0 Å². The van der Waals surface area contributed by atoms with Crippen molar-refractivity contribution in [3.8, 4) is 0 Å². The highest BCUT2D eigenvalue weighted by Gasteiger charge is 2.13. The average Bonchev–Trinajstić information content (AvgIpc) is 2.79. The number of ether oxygens (including phenoxy) is 1. The lowest BCUT2D eigenvalue weighted by Gasteiger charge is -1.96. The second kappa shape index (κ2) is 4.82. The number of esters is 1. The number of para-hydroxylation sites is 1. The number of benzene rings is 1. The maximum Gasteiger partial charge on any atom is 0.305 e. The van der Waals surface area contributed by atoms with E-state index in [1.165, 1.54) is 7.11 Å². The number of Topliss-reactive ketones (excluding diaryl/α,β-unsaturated/α-hetero) is 1. The highest BCUT2D eigenvalue weighted by molar-refractivity contribution is 5.98. The molecular formula is C13H12O4. The second-order valence-corrected chi connectivity index (χ2v) is 3.65. The maximum absolute atomic E-state index is 11.7. The fourth-order valence-electron chi connectivity index (χ4n) is 1.56. The standard InChI is InChI=1S/C13H12O4/c1-16-13(15)7-6-10(14)12-8-9-4-2-3-5-11(9)17-12/h2-5,8H,6-7H2,1H3. The van der Waals surface area contributed by atoms with Crippen LogP contribution in [-0.4, -0.2) is 18.9 Å². The molecule has 0 aliphatic heterocycles. The average molecular weight is 232 g/mol. The highest BCUT2D eigenvalue weighted by Crippen LogP contribution is 2.20. The lowest BCUT2D eigenvalue weighted by molar-refractivity contribution is -0.140. The van der Waals surface area contributed by atoms with Gasteiger partial charge in [0.15, 0.2) is 11.5 Å². The minimum absolute atomic E-state index is 0.0758. The Morgan fingerprint density at radius 1 is 1.24 bits per heavy atom. The number of ketones is 1. The Kier molecular flexibility index (Phi) is 3.23. The van der Waals surface area contributed by atoms with Gasteiger partial charge in [-0.1, -0.05) is 18.2 Å². The first-order valence-electron chi connectivity index (χ1n) is 5.29. The predicted molar refractivity (Wildman–Crippen MR) is 61.8 cm³/mol. The zero-order valence-electron chi connectivity index (χ0n) is 9.43. The summed E-state index contributed by atoms with van der Waals surface area (Å²) < 4.78 is 9.87. The van der Waals surface area contributed by atoms with E-state index in [4.69, 9.17) is 4.42 Å². The van der Waals surface area contributed by atoms with E-state index in [0.29, 0.717) is 5.58 Å². The Bertz CT molecular complexity index is 520. The predicted octanol–water partition coefficient (Wildman–Crippen LogP) is 2.57. The van der Waals surface area contributed by atoms with Gasteiger partial charge in [-0.25, -0.2) is 0 Å². The van der Waals surface area contributed by atoms with Gasteiger partial charge >= 0.3 is 5.97 Å². The molecule has 2 rings (SSSR count). The third-order valence-corrected chi connectivity index (χ3v) is 2.48. The van der Waals surface area contributed by atoms with E-state index in [-0.39, 0.29) is 24.4 Å². The number of fused-ring (bicyclic) bond motifs is 1. The molecule has 0 fully saturated rings. The van der Waals surface area contributed by atoms with E-state index in [1.54, 1.807) is 12.1 Å². The number of hydrogen-bond donors (Lipinski definition) is 0. The molecule has 0 amide bonds. The summed E-state index contributed by atoms with van der Waals surface area (Å²) in [5.74, 6) is -0.295. The summed E-state index contributed by atoms with van der Waals surface area (Å²) in [5.41, 5.74) is 0.675. The summed E-state index contributed by atoms with van der Waals surface area (Å²) >= 11 is 0. The molecule has 0 saturated heterocycles. The smallest absolute Gasteiger partial charge is 0.305 e. The van der Waals surface area contributed by atoms with Crippen molar-refractivity contribution in [1.29, 1.82) is 0 Å². The van der Waals surface area contributed by atoms with Crippen molar-refractivity contribution in [3.63, 3.8) is 0 Å². The molecule has 4 nitrogen and oxygen atoms in total. The molecule has 0 saturated carbocycles. The van der Waals surface area contributed by atoms with Gasteiger partial charge in [-0.2, -0.15) is 0 Å². The Hall–Kier alpha value is -2.10. The zero-order chi connectivity index (χ0) is 12.3. The third kappa shape index (κ3) is 2.53. The number of rotatable bonds is 4. The van der Waals surface area contributed by atoms with Gasteiger partial charge < -0.3 is 9.15 Å². The Balaban J connectivity index is 2.11. The Morgan fingerprint density at radius 3 is 2.71 bits per heavy atom. The van der Waals surface area contributed by atoms with E-state index < -0.39 is 5.97 Å². The molecule has 17 heavy (non-hydrogen) atoms. The van der Waals surface area contributed by atoms with Crippen LogP contribution < -0.4 is 0 Å². The minimum atomic E-state index is -0.394. The summed E-state index contributed by atoms with van der Waals surface area (Å²) in [5, 5.41) is 0.883.